The third kappa shape index (κ3) is 5.21. The van der Waals surface area contributed by atoms with E-state index in [2.05, 4.69) is 15.9 Å². The molecule has 2 unspecified atom stereocenters. The Bertz CT molecular complexity index is 956. The number of ether oxygens (including phenoxy) is 2. The monoisotopic (exact) mass is 460 g/mol. The average Bonchev–Trinajstić information content (AvgIpc) is 2.71. The van der Waals surface area contributed by atoms with Crippen LogP contribution in [-0.2, 0) is 0 Å². The minimum atomic E-state index is -0.499. The summed E-state index contributed by atoms with van der Waals surface area (Å²) in [6.07, 6.45) is 2.23. The zero-order chi connectivity index (χ0) is 20.8. The van der Waals surface area contributed by atoms with Crippen molar-refractivity contribution in [1.82, 2.24) is 0 Å². The first-order valence-corrected chi connectivity index (χ1v) is 11.1. The van der Waals surface area contributed by atoms with Gasteiger partial charge in [0.15, 0.2) is 0 Å². The summed E-state index contributed by atoms with van der Waals surface area (Å²) in [7, 11) is 0. The van der Waals surface area contributed by atoms with Crippen molar-refractivity contribution in [3.8, 4) is 11.5 Å². The fourth-order valence-corrected chi connectivity index (χ4v) is 3.94. The van der Waals surface area contributed by atoms with Crippen LogP contribution in [0.2, 0.25) is 0 Å². The van der Waals surface area contributed by atoms with E-state index in [-0.39, 0.29) is 13.2 Å². The molecule has 3 aromatic rings. The predicted octanol–water partition coefficient (Wildman–Crippen LogP) is 5.84. The number of halogens is 1. The van der Waals surface area contributed by atoms with Crippen LogP contribution < -0.4 is 9.47 Å². The summed E-state index contributed by atoms with van der Waals surface area (Å²) >= 11 is 3.56. The first-order chi connectivity index (χ1) is 14.0. The molecule has 29 heavy (non-hydrogen) atoms. The van der Waals surface area contributed by atoms with E-state index in [1.165, 1.54) is 0 Å². The molecule has 0 saturated heterocycles. The standard InChI is InChI=1S/C24H29BrO4/c1-3-7-17(26)14-28-23-19-9-5-6-10-20(19)24(29-15-18(27)8-4-2)22-13-16(25)11-12-21(22)23/h5-6,9-13,17-18,26-27H,3-4,7-8,14-15H2,1-2H3. The molecule has 3 rings (SSSR count). The third-order valence-corrected chi connectivity index (χ3v) is 5.46. The van der Waals surface area contributed by atoms with E-state index in [0.29, 0.717) is 12.8 Å². The highest BCUT2D eigenvalue weighted by Crippen LogP contribution is 2.43. The van der Waals surface area contributed by atoms with Gasteiger partial charge in [-0.2, -0.15) is 0 Å². The van der Waals surface area contributed by atoms with Gasteiger partial charge < -0.3 is 19.7 Å². The SMILES string of the molecule is CCCC(O)COc1c2ccccc2c(OCC(O)CCC)c2cc(Br)ccc12. The van der Waals surface area contributed by atoms with Gasteiger partial charge >= 0.3 is 0 Å². The van der Waals surface area contributed by atoms with Gasteiger partial charge in [0.2, 0.25) is 0 Å². The van der Waals surface area contributed by atoms with E-state index in [9.17, 15) is 10.2 Å². The van der Waals surface area contributed by atoms with E-state index >= 15 is 0 Å². The second-order valence-electron chi connectivity index (χ2n) is 7.40. The average molecular weight is 461 g/mol. The highest BCUT2D eigenvalue weighted by atomic mass is 79.9. The Morgan fingerprint density at radius 1 is 0.759 bits per heavy atom. The molecule has 0 spiro atoms. The molecule has 5 heteroatoms. The zero-order valence-corrected chi connectivity index (χ0v) is 18.6. The Balaban J connectivity index is 2.10. The van der Waals surface area contributed by atoms with Crippen LogP contribution in [0.1, 0.15) is 39.5 Å². The summed E-state index contributed by atoms with van der Waals surface area (Å²) in [6, 6.07) is 13.9. The fraction of sp³-hybridized carbons (Fsp3) is 0.417. The van der Waals surface area contributed by atoms with E-state index in [1.807, 2.05) is 56.3 Å². The Labute approximate surface area is 180 Å². The van der Waals surface area contributed by atoms with Gasteiger partial charge in [0, 0.05) is 26.0 Å². The first kappa shape index (κ1) is 21.9. The number of benzene rings is 3. The van der Waals surface area contributed by atoms with Gasteiger partial charge in [0.05, 0.1) is 12.2 Å². The first-order valence-electron chi connectivity index (χ1n) is 10.3. The van der Waals surface area contributed by atoms with Crippen molar-refractivity contribution in [3.63, 3.8) is 0 Å². The van der Waals surface area contributed by atoms with Gasteiger partial charge in [-0.3, -0.25) is 0 Å². The van der Waals surface area contributed by atoms with Crippen molar-refractivity contribution in [2.75, 3.05) is 13.2 Å². The van der Waals surface area contributed by atoms with Crippen LogP contribution in [0.15, 0.2) is 46.9 Å². The summed E-state index contributed by atoms with van der Waals surface area (Å²) in [4.78, 5) is 0. The molecular formula is C24H29BrO4. The van der Waals surface area contributed by atoms with Crippen molar-refractivity contribution < 1.29 is 19.7 Å². The third-order valence-electron chi connectivity index (χ3n) is 4.97. The number of hydrogen-bond acceptors (Lipinski definition) is 4. The molecule has 0 fully saturated rings. The van der Waals surface area contributed by atoms with Crippen LogP contribution in [0.25, 0.3) is 21.5 Å². The molecule has 0 heterocycles. The van der Waals surface area contributed by atoms with Crippen molar-refractivity contribution >= 4 is 37.5 Å². The summed E-state index contributed by atoms with van der Waals surface area (Å²) in [5.41, 5.74) is 0. The molecule has 4 nitrogen and oxygen atoms in total. The molecule has 3 aromatic carbocycles. The van der Waals surface area contributed by atoms with E-state index in [1.54, 1.807) is 0 Å². The second-order valence-corrected chi connectivity index (χ2v) is 8.32. The normalized spacial score (nSPS) is 13.6. The van der Waals surface area contributed by atoms with Crippen LogP contribution in [0.5, 0.6) is 11.5 Å². The lowest BCUT2D eigenvalue weighted by atomic mass is 10.0. The maximum absolute atomic E-state index is 10.2. The zero-order valence-electron chi connectivity index (χ0n) is 17.0. The number of rotatable bonds is 10. The molecule has 2 N–H and O–H groups in total. The minimum Gasteiger partial charge on any atom is -0.490 e. The number of aliphatic hydroxyl groups excluding tert-OH is 2. The molecule has 0 bridgehead atoms. The van der Waals surface area contributed by atoms with Crippen LogP contribution in [0, 0.1) is 0 Å². The number of hydrogen-bond donors (Lipinski definition) is 2. The van der Waals surface area contributed by atoms with Crippen molar-refractivity contribution in [3.05, 3.63) is 46.9 Å². The fourth-order valence-electron chi connectivity index (χ4n) is 3.57. The number of aliphatic hydroxyl groups is 2. The second kappa shape index (κ2) is 10.3. The van der Waals surface area contributed by atoms with Crippen molar-refractivity contribution in [2.45, 2.75) is 51.7 Å². The van der Waals surface area contributed by atoms with Crippen molar-refractivity contribution in [2.24, 2.45) is 0 Å². The van der Waals surface area contributed by atoms with Gasteiger partial charge in [-0.05, 0) is 31.0 Å². The van der Waals surface area contributed by atoms with Crippen LogP contribution in [-0.4, -0.2) is 35.6 Å². The maximum atomic E-state index is 10.2. The summed E-state index contributed by atoms with van der Waals surface area (Å²) in [5.74, 6) is 1.49. The lowest BCUT2D eigenvalue weighted by Crippen LogP contribution is -2.18. The predicted molar refractivity (Wildman–Crippen MR) is 122 cm³/mol. The maximum Gasteiger partial charge on any atom is 0.135 e. The lowest BCUT2D eigenvalue weighted by Gasteiger charge is -2.20. The molecular weight excluding hydrogens is 432 g/mol. The Morgan fingerprint density at radius 2 is 1.24 bits per heavy atom. The molecule has 0 saturated carbocycles. The quantitative estimate of drug-likeness (QED) is 0.373. The molecule has 0 amide bonds. The van der Waals surface area contributed by atoms with E-state index in [0.717, 1.165) is 50.4 Å². The van der Waals surface area contributed by atoms with E-state index < -0.39 is 12.2 Å². The molecule has 0 aromatic heterocycles. The highest BCUT2D eigenvalue weighted by Gasteiger charge is 2.18. The molecule has 156 valence electrons. The number of fused-ring (bicyclic) bond motifs is 2. The molecule has 2 atom stereocenters. The van der Waals surface area contributed by atoms with Gasteiger partial charge in [-0.25, -0.2) is 0 Å². The molecule has 0 aliphatic carbocycles. The van der Waals surface area contributed by atoms with Crippen molar-refractivity contribution in [1.29, 1.82) is 0 Å². The van der Waals surface area contributed by atoms with Gasteiger partial charge in [0.1, 0.15) is 24.7 Å². The van der Waals surface area contributed by atoms with Crippen LogP contribution in [0.4, 0.5) is 0 Å². The topological polar surface area (TPSA) is 58.9 Å². The van der Waals surface area contributed by atoms with Gasteiger partial charge in [0.25, 0.3) is 0 Å². The lowest BCUT2D eigenvalue weighted by molar-refractivity contribution is 0.0997. The highest BCUT2D eigenvalue weighted by molar-refractivity contribution is 9.10. The van der Waals surface area contributed by atoms with E-state index in [4.69, 9.17) is 9.47 Å². The van der Waals surface area contributed by atoms with Crippen LogP contribution >= 0.6 is 15.9 Å². The summed E-state index contributed by atoms with van der Waals surface area (Å²) < 4.78 is 13.2. The Kier molecular flexibility index (Phi) is 7.76. The Morgan fingerprint density at radius 3 is 1.76 bits per heavy atom. The van der Waals surface area contributed by atoms with Gasteiger partial charge in [-0.1, -0.05) is 66.9 Å². The van der Waals surface area contributed by atoms with Crippen LogP contribution in [0.3, 0.4) is 0 Å². The smallest absolute Gasteiger partial charge is 0.135 e. The molecule has 0 aliphatic heterocycles. The largest absolute Gasteiger partial charge is 0.490 e. The minimum absolute atomic E-state index is 0.245. The summed E-state index contributed by atoms with van der Waals surface area (Å²) in [6.45, 7) is 4.59. The van der Waals surface area contributed by atoms with Gasteiger partial charge in [-0.15, -0.1) is 0 Å². The molecule has 0 radical (unpaired) electrons. The summed E-state index contributed by atoms with van der Waals surface area (Å²) in [5, 5.41) is 24.1. The molecule has 0 aliphatic rings. The Hall–Kier alpha value is -1.82.